The molecule has 0 unspecified atom stereocenters. The van der Waals surface area contributed by atoms with Gasteiger partial charge in [0.25, 0.3) is 0 Å². The molecule has 0 amide bonds. The molecule has 0 aliphatic heterocycles. The largest absolute Gasteiger partial charge is 0.395 e. The quantitative estimate of drug-likeness (QED) is 0.766. The second-order valence-electron chi connectivity index (χ2n) is 4.72. The normalized spacial score (nSPS) is 14.1. The van der Waals surface area contributed by atoms with Gasteiger partial charge in [0, 0.05) is 12.5 Å². The van der Waals surface area contributed by atoms with Crippen molar-refractivity contribution in [1.29, 1.82) is 0 Å². The van der Waals surface area contributed by atoms with E-state index in [1.54, 1.807) is 30.3 Å². The molecule has 21 heavy (non-hydrogen) atoms. The number of rotatable bonds is 8. The van der Waals surface area contributed by atoms with Gasteiger partial charge in [-0.3, -0.25) is 0 Å². The third-order valence-electron chi connectivity index (χ3n) is 2.76. The van der Waals surface area contributed by atoms with Crippen molar-refractivity contribution >= 4 is 10.0 Å². The fourth-order valence-corrected chi connectivity index (χ4v) is 3.13. The second kappa shape index (κ2) is 7.77. The van der Waals surface area contributed by atoms with Crippen molar-refractivity contribution in [3.05, 3.63) is 35.9 Å². The predicted octanol–water partition coefficient (Wildman–Crippen LogP) is 1.85. The molecule has 1 rings (SSSR count). The van der Waals surface area contributed by atoms with Gasteiger partial charge < -0.3 is 5.11 Å². The number of alkyl halides is 3. The highest BCUT2D eigenvalue weighted by molar-refractivity contribution is 7.89. The minimum Gasteiger partial charge on any atom is -0.395 e. The third kappa shape index (κ3) is 8.03. The Morgan fingerprint density at radius 1 is 1.19 bits per heavy atom. The van der Waals surface area contributed by atoms with E-state index >= 15 is 0 Å². The van der Waals surface area contributed by atoms with Crippen LogP contribution in [0, 0.1) is 0 Å². The zero-order valence-corrected chi connectivity index (χ0v) is 12.1. The van der Waals surface area contributed by atoms with Crippen LogP contribution in [0.15, 0.2) is 30.3 Å². The van der Waals surface area contributed by atoms with Gasteiger partial charge in [-0.15, -0.1) is 0 Å². The highest BCUT2D eigenvalue weighted by Crippen LogP contribution is 2.21. The minimum absolute atomic E-state index is 0.274. The van der Waals surface area contributed by atoms with Crippen molar-refractivity contribution in [2.45, 2.75) is 31.5 Å². The summed E-state index contributed by atoms with van der Waals surface area (Å²) >= 11 is 0. The molecular weight excluding hydrogens is 307 g/mol. The maximum Gasteiger partial charge on any atom is 0.389 e. The van der Waals surface area contributed by atoms with Crippen LogP contribution in [-0.2, 0) is 16.4 Å². The molecule has 1 atom stereocenters. The number of nitrogens with one attached hydrogen (secondary N) is 1. The molecule has 0 aromatic heterocycles. The van der Waals surface area contributed by atoms with Crippen LogP contribution in [0.1, 0.15) is 18.4 Å². The summed E-state index contributed by atoms with van der Waals surface area (Å²) < 4.78 is 61.6. The Hall–Kier alpha value is -1.12. The van der Waals surface area contributed by atoms with Crippen LogP contribution in [-0.4, -0.2) is 38.1 Å². The van der Waals surface area contributed by atoms with E-state index in [2.05, 4.69) is 4.72 Å². The van der Waals surface area contributed by atoms with Gasteiger partial charge in [-0.05, 0) is 18.4 Å². The van der Waals surface area contributed by atoms with Crippen molar-refractivity contribution in [3.63, 3.8) is 0 Å². The Labute approximate surface area is 122 Å². The molecule has 0 aliphatic rings. The molecule has 8 heteroatoms. The zero-order chi connectivity index (χ0) is 15.9. The van der Waals surface area contributed by atoms with Gasteiger partial charge in [-0.2, -0.15) is 13.2 Å². The van der Waals surface area contributed by atoms with Gasteiger partial charge in [0.15, 0.2) is 0 Å². The first kappa shape index (κ1) is 17.9. The SMILES string of the molecule is O=S(=O)(CCCC(F)(F)F)N[C@H](CO)Cc1ccccc1. The number of hydrogen-bond acceptors (Lipinski definition) is 3. The molecule has 1 aromatic rings. The maximum atomic E-state index is 12.0. The Balaban J connectivity index is 2.51. The monoisotopic (exact) mass is 325 g/mol. The fourth-order valence-electron chi connectivity index (χ4n) is 1.82. The third-order valence-corrected chi connectivity index (χ3v) is 4.28. The topological polar surface area (TPSA) is 66.4 Å². The zero-order valence-electron chi connectivity index (χ0n) is 11.3. The lowest BCUT2D eigenvalue weighted by atomic mass is 10.1. The van der Waals surface area contributed by atoms with E-state index < -0.39 is 47.4 Å². The highest BCUT2D eigenvalue weighted by Gasteiger charge is 2.28. The lowest BCUT2D eigenvalue weighted by Gasteiger charge is -2.16. The number of hydrogen-bond donors (Lipinski definition) is 2. The Bertz CT molecular complexity index is 517. The van der Waals surface area contributed by atoms with Crippen molar-refractivity contribution in [1.82, 2.24) is 4.72 Å². The van der Waals surface area contributed by atoms with Gasteiger partial charge in [0.1, 0.15) is 0 Å². The smallest absolute Gasteiger partial charge is 0.389 e. The van der Waals surface area contributed by atoms with Crippen molar-refractivity contribution in [2.75, 3.05) is 12.4 Å². The Morgan fingerprint density at radius 3 is 2.33 bits per heavy atom. The average molecular weight is 325 g/mol. The van der Waals surface area contributed by atoms with Gasteiger partial charge in [0.2, 0.25) is 10.0 Å². The van der Waals surface area contributed by atoms with Gasteiger partial charge in [-0.1, -0.05) is 30.3 Å². The van der Waals surface area contributed by atoms with E-state index in [1.807, 2.05) is 0 Å². The summed E-state index contributed by atoms with van der Waals surface area (Å²) in [4.78, 5) is 0. The van der Waals surface area contributed by atoms with E-state index in [4.69, 9.17) is 0 Å². The lowest BCUT2D eigenvalue weighted by molar-refractivity contribution is -0.134. The van der Waals surface area contributed by atoms with E-state index in [1.165, 1.54) is 0 Å². The molecule has 0 aliphatic carbocycles. The lowest BCUT2D eigenvalue weighted by Crippen LogP contribution is -2.40. The van der Waals surface area contributed by atoms with Crippen LogP contribution in [0.3, 0.4) is 0 Å². The number of aliphatic hydroxyl groups is 1. The first-order valence-corrected chi connectivity index (χ1v) is 8.08. The number of aliphatic hydroxyl groups excluding tert-OH is 1. The van der Waals surface area contributed by atoms with E-state index in [-0.39, 0.29) is 6.42 Å². The maximum absolute atomic E-state index is 12.0. The van der Waals surface area contributed by atoms with Crippen LogP contribution in [0.2, 0.25) is 0 Å². The summed E-state index contributed by atoms with van der Waals surface area (Å²) in [6.07, 6.45) is -5.73. The molecule has 0 bridgehead atoms. The molecular formula is C13H18F3NO3S. The number of halogens is 3. The van der Waals surface area contributed by atoms with Crippen LogP contribution >= 0.6 is 0 Å². The first-order valence-electron chi connectivity index (χ1n) is 6.43. The molecule has 0 radical (unpaired) electrons. The fraction of sp³-hybridized carbons (Fsp3) is 0.538. The number of sulfonamides is 1. The summed E-state index contributed by atoms with van der Waals surface area (Å²) in [5.41, 5.74) is 0.828. The molecule has 120 valence electrons. The van der Waals surface area contributed by atoms with Crippen LogP contribution in [0.4, 0.5) is 13.2 Å². The molecule has 0 spiro atoms. The first-order chi connectivity index (χ1) is 9.72. The van der Waals surface area contributed by atoms with E-state index in [0.717, 1.165) is 5.56 Å². The molecule has 4 nitrogen and oxygen atoms in total. The van der Waals surface area contributed by atoms with E-state index in [0.29, 0.717) is 0 Å². The van der Waals surface area contributed by atoms with Crippen LogP contribution in [0.5, 0.6) is 0 Å². The summed E-state index contributed by atoms with van der Waals surface area (Å²) in [5, 5.41) is 9.20. The molecule has 0 heterocycles. The van der Waals surface area contributed by atoms with Gasteiger partial charge >= 0.3 is 6.18 Å². The van der Waals surface area contributed by atoms with Crippen LogP contribution in [0.25, 0.3) is 0 Å². The Kier molecular flexibility index (Phi) is 6.63. The summed E-state index contributed by atoms with van der Waals surface area (Å²) in [6, 6.07) is 8.17. The molecule has 1 aromatic carbocycles. The highest BCUT2D eigenvalue weighted by atomic mass is 32.2. The van der Waals surface area contributed by atoms with Crippen LogP contribution < -0.4 is 4.72 Å². The summed E-state index contributed by atoms with van der Waals surface area (Å²) in [5.74, 6) is -0.613. The predicted molar refractivity (Wildman–Crippen MR) is 73.2 cm³/mol. The minimum atomic E-state index is -4.37. The van der Waals surface area contributed by atoms with Crippen molar-refractivity contribution < 1.29 is 26.7 Å². The summed E-state index contributed by atoms with van der Waals surface area (Å²) in [7, 11) is -3.85. The molecule has 0 fully saturated rings. The van der Waals surface area contributed by atoms with Gasteiger partial charge in [-0.25, -0.2) is 13.1 Å². The standard InChI is InChI=1S/C13H18F3NO3S/c14-13(15,16)7-4-8-21(19,20)17-12(10-18)9-11-5-2-1-3-6-11/h1-3,5-6,12,17-18H,4,7-10H2/t12-/m0/s1. The second-order valence-corrected chi connectivity index (χ2v) is 6.60. The van der Waals surface area contributed by atoms with Crippen molar-refractivity contribution in [2.24, 2.45) is 0 Å². The Morgan fingerprint density at radius 2 is 1.81 bits per heavy atom. The van der Waals surface area contributed by atoms with Gasteiger partial charge in [0.05, 0.1) is 12.4 Å². The average Bonchev–Trinajstić information content (AvgIpc) is 2.37. The summed E-state index contributed by atoms with van der Waals surface area (Å²) in [6.45, 7) is -0.423. The van der Waals surface area contributed by atoms with Crippen molar-refractivity contribution in [3.8, 4) is 0 Å². The molecule has 2 N–H and O–H groups in total. The molecule has 0 saturated heterocycles. The molecule has 0 saturated carbocycles. The van der Waals surface area contributed by atoms with E-state index in [9.17, 15) is 26.7 Å². The number of benzene rings is 1.